The summed E-state index contributed by atoms with van der Waals surface area (Å²) < 4.78 is 0. The van der Waals surface area contributed by atoms with Crippen LogP contribution in [0.2, 0.25) is 0 Å². The summed E-state index contributed by atoms with van der Waals surface area (Å²) in [4.78, 5) is 15.9. The van der Waals surface area contributed by atoms with Crippen molar-refractivity contribution in [1.29, 1.82) is 0 Å². The lowest BCUT2D eigenvalue weighted by Crippen LogP contribution is -2.32. The van der Waals surface area contributed by atoms with E-state index in [4.69, 9.17) is 5.73 Å². The Hall–Kier alpha value is -2.20. The molecule has 1 unspecified atom stereocenters. The first-order chi connectivity index (χ1) is 8.66. The third-order valence-corrected chi connectivity index (χ3v) is 2.48. The van der Waals surface area contributed by atoms with Crippen LogP contribution in [0, 0.1) is 0 Å². The fourth-order valence-electron chi connectivity index (χ4n) is 1.51. The second kappa shape index (κ2) is 5.42. The Morgan fingerprint density at radius 3 is 2.56 bits per heavy atom. The molecule has 0 aliphatic rings. The molecule has 0 fully saturated rings. The van der Waals surface area contributed by atoms with Crippen LogP contribution in [-0.4, -0.2) is 16.9 Å². The lowest BCUT2D eigenvalue weighted by molar-refractivity contribution is -0.117. The zero-order valence-corrected chi connectivity index (χ0v) is 10.1. The number of hydrogen-bond acceptors (Lipinski definition) is 3. The minimum Gasteiger partial charge on any atom is -0.320 e. The van der Waals surface area contributed by atoms with Gasteiger partial charge in [0.25, 0.3) is 0 Å². The van der Waals surface area contributed by atoms with Gasteiger partial charge in [-0.25, -0.2) is 4.98 Å². The number of nitrogens with two attached hydrogens (primary N) is 1. The van der Waals surface area contributed by atoms with E-state index in [9.17, 15) is 4.79 Å². The van der Waals surface area contributed by atoms with Crippen molar-refractivity contribution >= 4 is 11.7 Å². The molecule has 0 radical (unpaired) electrons. The van der Waals surface area contributed by atoms with Gasteiger partial charge in [-0.05, 0) is 19.1 Å². The normalized spacial score (nSPS) is 11.9. The van der Waals surface area contributed by atoms with E-state index in [-0.39, 0.29) is 5.91 Å². The topological polar surface area (TPSA) is 68.0 Å². The van der Waals surface area contributed by atoms with Crippen LogP contribution in [0.1, 0.15) is 6.92 Å². The van der Waals surface area contributed by atoms with Crippen molar-refractivity contribution in [2.75, 3.05) is 5.32 Å². The Labute approximate surface area is 106 Å². The van der Waals surface area contributed by atoms with Crippen molar-refractivity contribution in [3.05, 3.63) is 48.5 Å². The van der Waals surface area contributed by atoms with Crippen LogP contribution in [0.4, 0.5) is 5.82 Å². The highest BCUT2D eigenvalue weighted by Gasteiger charge is 2.08. The Morgan fingerprint density at radius 2 is 1.89 bits per heavy atom. The first-order valence-electron chi connectivity index (χ1n) is 5.76. The lowest BCUT2D eigenvalue weighted by atomic mass is 10.1. The van der Waals surface area contributed by atoms with E-state index in [1.54, 1.807) is 13.0 Å². The predicted molar refractivity (Wildman–Crippen MR) is 72.0 cm³/mol. The van der Waals surface area contributed by atoms with Crippen LogP contribution >= 0.6 is 0 Å². The standard InChI is InChI=1S/C14H15N3O/c1-10(15)14(18)17-13-9-5-8-12(16-13)11-6-3-2-4-7-11/h2-10H,15H2,1H3,(H,16,17,18). The van der Waals surface area contributed by atoms with E-state index in [1.165, 1.54) is 0 Å². The number of anilines is 1. The van der Waals surface area contributed by atoms with Crippen molar-refractivity contribution in [2.45, 2.75) is 13.0 Å². The van der Waals surface area contributed by atoms with Crippen molar-refractivity contribution in [3.8, 4) is 11.3 Å². The maximum absolute atomic E-state index is 11.5. The van der Waals surface area contributed by atoms with Crippen LogP contribution in [0.3, 0.4) is 0 Å². The van der Waals surface area contributed by atoms with Crippen LogP contribution in [0.25, 0.3) is 11.3 Å². The largest absolute Gasteiger partial charge is 0.320 e. The zero-order valence-electron chi connectivity index (χ0n) is 10.1. The van der Waals surface area contributed by atoms with Crippen LogP contribution in [0.5, 0.6) is 0 Å². The molecule has 0 saturated heterocycles. The Bertz CT molecular complexity index is 538. The van der Waals surface area contributed by atoms with E-state index in [2.05, 4.69) is 10.3 Å². The number of aromatic nitrogens is 1. The quantitative estimate of drug-likeness (QED) is 0.864. The van der Waals surface area contributed by atoms with Crippen LogP contribution < -0.4 is 11.1 Å². The smallest absolute Gasteiger partial charge is 0.242 e. The van der Waals surface area contributed by atoms with Crippen molar-refractivity contribution in [3.63, 3.8) is 0 Å². The Morgan fingerprint density at radius 1 is 1.17 bits per heavy atom. The molecule has 0 bridgehead atoms. The molecule has 1 amide bonds. The number of pyridine rings is 1. The van der Waals surface area contributed by atoms with Gasteiger partial charge in [0, 0.05) is 5.56 Å². The SMILES string of the molecule is CC(N)C(=O)Nc1cccc(-c2ccccc2)n1. The number of carbonyl (C=O) groups excluding carboxylic acids is 1. The minimum atomic E-state index is -0.549. The summed E-state index contributed by atoms with van der Waals surface area (Å²) in [6, 6.07) is 14.7. The van der Waals surface area contributed by atoms with Gasteiger partial charge >= 0.3 is 0 Å². The fourth-order valence-corrected chi connectivity index (χ4v) is 1.51. The van der Waals surface area contributed by atoms with Crippen molar-refractivity contribution in [1.82, 2.24) is 4.98 Å². The first kappa shape index (κ1) is 12.3. The number of amides is 1. The molecule has 0 aliphatic heterocycles. The van der Waals surface area contributed by atoms with E-state index in [0.29, 0.717) is 5.82 Å². The van der Waals surface area contributed by atoms with Crippen LogP contribution in [0.15, 0.2) is 48.5 Å². The molecule has 1 heterocycles. The van der Waals surface area contributed by atoms with Gasteiger partial charge in [0.1, 0.15) is 5.82 Å². The Kier molecular flexibility index (Phi) is 3.69. The van der Waals surface area contributed by atoms with Gasteiger partial charge in [0.2, 0.25) is 5.91 Å². The minimum absolute atomic E-state index is 0.243. The second-order valence-electron chi connectivity index (χ2n) is 4.05. The monoisotopic (exact) mass is 241 g/mol. The first-order valence-corrected chi connectivity index (χ1v) is 5.76. The molecular weight excluding hydrogens is 226 g/mol. The Balaban J connectivity index is 2.23. The number of hydrogen-bond donors (Lipinski definition) is 2. The highest BCUT2D eigenvalue weighted by molar-refractivity contribution is 5.93. The van der Waals surface area contributed by atoms with Gasteiger partial charge in [0.05, 0.1) is 11.7 Å². The molecule has 0 aliphatic carbocycles. The average Bonchev–Trinajstić information content (AvgIpc) is 2.40. The highest BCUT2D eigenvalue weighted by atomic mass is 16.2. The molecule has 1 aromatic heterocycles. The van der Waals surface area contributed by atoms with Gasteiger partial charge < -0.3 is 11.1 Å². The molecule has 1 aromatic carbocycles. The summed E-state index contributed by atoms with van der Waals surface area (Å²) in [5, 5.41) is 2.68. The number of benzene rings is 1. The molecule has 18 heavy (non-hydrogen) atoms. The van der Waals surface area contributed by atoms with Crippen molar-refractivity contribution in [2.24, 2.45) is 5.73 Å². The lowest BCUT2D eigenvalue weighted by Gasteiger charge is -2.08. The third kappa shape index (κ3) is 2.93. The molecule has 2 rings (SSSR count). The number of nitrogens with one attached hydrogen (secondary N) is 1. The molecule has 4 nitrogen and oxygen atoms in total. The predicted octanol–water partition coefficient (Wildman–Crippen LogP) is 2.03. The molecule has 3 N–H and O–H groups in total. The molecule has 0 spiro atoms. The van der Waals surface area contributed by atoms with Crippen LogP contribution in [-0.2, 0) is 4.79 Å². The van der Waals surface area contributed by atoms with E-state index < -0.39 is 6.04 Å². The summed E-state index contributed by atoms with van der Waals surface area (Å²) in [5.74, 6) is 0.270. The second-order valence-corrected chi connectivity index (χ2v) is 4.05. The molecule has 4 heteroatoms. The maximum Gasteiger partial charge on any atom is 0.242 e. The summed E-state index contributed by atoms with van der Waals surface area (Å²) in [6.07, 6.45) is 0. The summed E-state index contributed by atoms with van der Waals surface area (Å²) in [5.41, 5.74) is 7.32. The van der Waals surface area contributed by atoms with Gasteiger partial charge in [-0.3, -0.25) is 4.79 Å². The fraction of sp³-hybridized carbons (Fsp3) is 0.143. The molecular formula is C14H15N3O. The highest BCUT2D eigenvalue weighted by Crippen LogP contribution is 2.18. The summed E-state index contributed by atoms with van der Waals surface area (Å²) in [6.45, 7) is 1.64. The zero-order chi connectivity index (χ0) is 13.0. The van der Waals surface area contributed by atoms with E-state index >= 15 is 0 Å². The van der Waals surface area contributed by atoms with Crippen molar-refractivity contribution < 1.29 is 4.79 Å². The number of rotatable bonds is 3. The molecule has 2 aromatic rings. The molecule has 92 valence electrons. The number of carbonyl (C=O) groups is 1. The number of nitrogens with zero attached hydrogens (tertiary/aromatic N) is 1. The van der Waals surface area contributed by atoms with Gasteiger partial charge in [-0.1, -0.05) is 36.4 Å². The summed E-state index contributed by atoms with van der Waals surface area (Å²) in [7, 11) is 0. The van der Waals surface area contributed by atoms with Gasteiger partial charge in [-0.2, -0.15) is 0 Å². The van der Waals surface area contributed by atoms with E-state index in [1.807, 2.05) is 42.5 Å². The van der Waals surface area contributed by atoms with E-state index in [0.717, 1.165) is 11.3 Å². The third-order valence-electron chi connectivity index (χ3n) is 2.48. The average molecular weight is 241 g/mol. The maximum atomic E-state index is 11.5. The van der Waals surface area contributed by atoms with Gasteiger partial charge in [-0.15, -0.1) is 0 Å². The van der Waals surface area contributed by atoms with Gasteiger partial charge in [0.15, 0.2) is 0 Å². The summed E-state index contributed by atoms with van der Waals surface area (Å²) >= 11 is 0. The molecule has 1 atom stereocenters. The molecule has 0 saturated carbocycles.